The number of carbonyl (C=O) groups excluding carboxylic acids is 1. The van der Waals surface area contributed by atoms with E-state index < -0.39 is 11.7 Å². The number of phenols is 1. The molecule has 8 heteroatoms. The number of fused-ring (bicyclic) bond motifs is 1. The number of halogens is 3. The Balaban J connectivity index is 1.47. The van der Waals surface area contributed by atoms with Crippen LogP contribution in [0.4, 0.5) is 13.2 Å². The SMILES string of the molecule is O=C(c1ccc(C(F)(F)F)cc1)N1CCc2nc(C3CC3)nc(-c3ccc(O)cc3)c2C1. The lowest BCUT2D eigenvalue weighted by molar-refractivity contribution is -0.137. The molecule has 2 aromatic carbocycles. The summed E-state index contributed by atoms with van der Waals surface area (Å²) in [5.74, 6) is 1.00. The van der Waals surface area contributed by atoms with Gasteiger partial charge in [0.15, 0.2) is 0 Å². The van der Waals surface area contributed by atoms with Gasteiger partial charge < -0.3 is 10.0 Å². The standard InChI is InChI=1S/C24H20F3N3O2/c25-24(26,27)17-7-3-16(4-8-17)23(32)30-12-11-20-19(13-30)21(14-5-9-18(31)10-6-14)29-22(28-20)15-1-2-15/h3-10,15,31H,1-2,11-13H2. The lowest BCUT2D eigenvalue weighted by Crippen LogP contribution is -2.37. The number of hydrogen-bond donors (Lipinski definition) is 1. The van der Waals surface area contributed by atoms with Crippen LogP contribution in [0.15, 0.2) is 48.5 Å². The zero-order chi connectivity index (χ0) is 22.5. The van der Waals surface area contributed by atoms with Crippen LogP contribution >= 0.6 is 0 Å². The van der Waals surface area contributed by atoms with Crippen molar-refractivity contribution in [2.24, 2.45) is 0 Å². The fourth-order valence-electron chi connectivity index (χ4n) is 3.97. The van der Waals surface area contributed by atoms with E-state index in [1.54, 1.807) is 29.2 Å². The van der Waals surface area contributed by atoms with Crippen LogP contribution in [0.1, 0.15) is 51.8 Å². The third kappa shape index (κ3) is 3.92. The fraction of sp³-hybridized carbons (Fsp3) is 0.292. The van der Waals surface area contributed by atoms with Crippen molar-refractivity contribution in [2.45, 2.75) is 37.9 Å². The molecule has 1 amide bonds. The van der Waals surface area contributed by atoms with Crippen molar-refractivity contribution in [1.82, 2.24) is 14.9 Å². The van der Waals surface area contributed by atoms with Crippen molar-refractivity contribution in [3.8, 4) is 17.0 Å². The van der Waals surface area contributed by atoms with Crippen LogP contribution in [0.25, 0.3) is 11.3 Å². The summed E-state index contributed by atoms with van der Waals surface area (Å²) >= 11 is 0. The van der Waals surface area contributed by atoms with Gasteiger partial charge >= 0.3 is 6.18 Å². The molecule has 1 saturated carbocycles. The van der Waals surface area contributed by atoms with Gasteiger partial charge in [0, 0.05) is 42.1 Å². The molecule has 1 aromatic heterocycles. The molecular formula is C24H20F3N3O2. The Hall–Kier alpha value is -3.42. The largest absolute Gasteiger partial charge is 0.508 e. The van der Waals surface area contributed by atoms with E-state index in [-0.39, 0.29) is 23.8 Å². The topological polar surface area (TPSA) is 66.3 Å². The Morgan fingerprint density at radius 3 is 2.31 bits per heavy atom. The monoisotopic (exact) mass is 439 g/mol. The van der Waals surface area contributed by atoms with Crippen molar-refractivity contribution in [3.05, 3.63) is 76.7 Å². The Morgan fingerprint density at radius 2 is 1.69 bits per heavy atom. The molecule has 0 bridgehead atoms. The van der Waals surface area contributed by atoms with Gasteiger partial charge in [-0.25, -0.2) is 9.97 Å². The van der Waals surface area contributed by atoms with E-state index in [0.29, 0.717) is 18.9 Å². The summed E-state index contributed by atoms with van der Waals surface area (Å²) < 4.78 is 38.5. The zero-order valence-electron chi connectivity index (χ0n) is 17.1. The van der Waals surface area contributed by atoms with E-state index in [2.05, 4.69) is 0 Å². The first-order chi connectivity index (χ1) is 15.3. The van der Waals surface area contributed by atoms with Crippen molar-refractivity contribution in [3.63, 3.8) is 0 Å². The zero-order valence-corrected chi connectivity index (χ0v) is 17.1. The van der Waals surface area contributed by atoms with Gasteiger partial charge in [0.05, 0.1) is 17.0 Å². The highest BCUT2D eigenvalue weighted by Gasteiger charge is 2.33. The van der Waals surface area contributed by atoms with E-state index in [1.807, 2.05) is 0 Å². The molecular weight excluding hydrogens is 419 g/mol. The smallest absolute Gasteiger partial charge is 0.416 e. The summed E-state index contributed by atoms with van der Waals surface area (Å²) in [5.41, 5.74) is 2.74. The molecule has 0 unspecified atom stereocenters. The molecule has 164 valence electrons. The summed E-state index contributed by atoms with van der Waals surface area (Å²) in [4.78, 5) is 24.2. The van der Waals surface area contributed by atoms with Gasteiger partial charge in [-0.05, 0) is 61.4 Å². The van der Waals surface area contributed by atoms with E-state index >= 15 is 0 Å². The predicted octanol–water partition coefficient (Wildman–Crippen LogP) is 4.94. The first-order valence-corrected chi connectivity index (χ1v) is 10.5. The van der Waals surface area contributed by atoms with Gasteiger partial charge in [-0.3, -0.25) is 4.79 Å². The van der Waals surface area contributed by atoms with Gasteiger partial charge in [-0.15, -0.1) is 0 Å². The number of alkyl halides is 3. The average Bonchev–Trinajstić information content (AvgIpc) is 3.63. The molecule has 0 saturated heterocycles. The van der Waals surface area contributed by atoms with Crippen LogP contribution in [-0.4, -0.2) is 32.4 Å². The molecule has 0 radical (unpaired) electrons. The number of amides is 1. The molecule has 0 atom stereocenters. The van der Waals surface area contributed by atoms with Gasteiger partial charge in [-0.2, -0.15) is 13.2 Å². The Labute approximate surface area is 182 Å². The molecule has 1 N–H and O–H groups in total. The molecule has 3 aromatic rings. The Kier molecular flexibility index (Phi) is 4.87. The lowest BCUT2D eigenvalue weighted by Gasteiger charge is -2.30. The maximum Gasteiger partial charge on any atom is 0.416 e. The predicted molar refractivity (Wildman–Crippen MR) is 111 cm³/mol. The highest BCUT2D eigenvalue weighted by atomic mass is 19.4. The van der Waals surface area contributed by atoms with Crippen molar-refractivity contribution in [1.29, 1.82) is 0 Å². The van der Waals surface area contributed by atoms with Crippen molar-refractivity contribution >= 4 is 5.91 Å². The molecule has 2 aliphatic rings. The second-order valence-corrected chi connectivity index (χ2v) is 8.23. The molecule has 1 fully saturated rings. The minimum absolute atomic E-state index is 0.151. The van der Waals surface area contributed by atoms with E-state index in [0.717, 1.165) is 53.3 Å². The van der Waals surface area contributed by atoms with Crippen molar-refractivity contribution in [2.75, 3.05) is 6.54 Å². The number of rotatable bonds is 3. The first kappa shape index (κ1) is 20.5. The second kappa shape index (κ2) is 7.62. The van der Waals surface area contributed by atoms with Gasteiger partial charge in [0.2, 0.25) is 0 Å². The molecule has 5 nitrogen and oxygen atoms in total. The van der Waals surface area contributed by atoms with E-state index in [1.165, 1.54) is 12.1 Å². The van der Waals surface area contributed by atoms with E-state index in [9.17, 15) is 23.1 Å². The number of benzene rings is 2. The quantitative estimate of drug-likeness (QED) is 0.628. The van der Waals surface area contributed by atoms with Gasteiger partial charge in [0.1, 0.15) is 11.6 Å². The Morgan fingerprint density at radius 1 is 1.00 bits per heavy atom. The summed E-state index contributed by atoms with van der Waals surface area (Å²) in [6.45, 7) is 0.708. The molecule has 1 aliphatic heterocycles. The number of hydrogen-bond acceptors (Lipinski definition) is 4. The van der Waals surface area contributed by atoms with Crippen molar-refractivity contribution < 1.29 is 23.1 Å². The molecule has 2 heterocycles. The number of aromatic hydroxyl groups is 1. The molecule has 1 aliphatic carbocycles. The Bertz CT molecular complexity index is 1170. The number of nitrogens with zero attached hydrogens (tertiary/aromatic N) is 3. The third-order valence-corrected chi connectivity index (χ3v) is 5.91. The minimum atomic E-state index is -4.44. The van der Waals surface area contributed by atoms with Crippen LogP contribution in [-0.2, 0) is 19.1 Å². The fourth-order valence-corrected chi connectivity index (χ4v) is 3.97. The first-order valence-electron chi connectivity index (χ1n) is 10.5. The number of carbonyl (C=O) groups is 1. The minimum Gasteiger partial charge on any atom is -0.508 e. The van der Waals surface area contributed by atoms with Gasteiger partial charge in [0.25, 0.3) is 5.91 Å². The lowest BCUT2D eigenvalue weighted by atomic mass is 9.98. The average molecular weight is 439 g/mol. The molecule has 5 rings (SSSR count). The number of phenolic OH excluding ortho intramolecular Hbond substituents is 1. The van der Waals surface area contributed by atoms with Crippen LogP contribution in [0.2, 0.25) is 0 Å². The summed E-state index contributed by atoms with van der Waals surface area (Å²) in [6, 6.07) is 11.0. The second-order valence-electron chi connectivity index (χ2n) is 8.23. The third-order valence-electron chi connectivity index (χ3n) is 5.91. The normalized spacial score (nSPS) is 16.0. The van der Waals surface area contributed by atoms with Crippen LogP contribution in [0.3, 0.4) is 0 Å². The van der Waals surface area contributed by atoms with Gasteiger partial charge in [-0.1, -0.05) is 0 Å². The molecule has 0 spiro atoms. The number of aromatic nitrogens is 2. The summed E-state index contributed by atoms with van der Waals surface area (Å²) in [6.07, 6.45) is -1.77. The van der Waals surface area contributed by atoms with Crippen LogP contribution < -0.4 is 0 Å². The summed E-state index contributed by atoms with van der Waals surface area (Å²) in [7, 11) is 0. The highest BCUT2D eigenvalue weighted by molar-refractivity contribution is 5.94. The molecule has 32 heavy (non-hydrogen) atoms. The highest BCUT2D eigenvalue weighted by Crippen LogP contribution is 2.40. The maximum atomic E-state index is 13.0. The van der Waals surface area contributed by atoms with Crippen LogP contribution in [0, 0.1) is 0 Å². The van der Waals surface area contributed by atoms with E-state index in [4.69, 9.17) is 9.97 Å². The maximum absolute atomic E-state index is 13.0. The van der Waals surface area contributed by atoms with Crippen LogP contribution in [0.5, 0.6) is 5.75 Å². The summed E-state index contributed by atoms with van der Waals surface area (Å²) in [5, 5.41) is 9.65.